The maximum absolute atomic E-state index is 11.3. The van der Waals surface area contributed by atoms with E-state index in [9.17, 15) is 25.9 Å². The summed E-state index contributed by atoms with van der Waals surface area (Å²) in [5.41, 5.74) is 1.82. The summed E-state index contributed by atoms with van der Waals surface area (Å²) < 4.78 is 71.5. The molecule has 1 aliphatic rings. The Balaban J connectivity index is 0.000000641. The van der Waals surface area contributed by atoms with Gasteiger partial charge in [0.2, 0.25) is 5.52 Å². The molecule has 0 unspecified atom stereocenters. The Labute approximate surface area is 270 Å². The van der Waals surface area contributed by atoms with Gasteiger partial charge in [-0.1, -0.05) is 54.6 Å². The molecule has 0 radical (unpaired) electrons. The molecule has 0 aliphatic carbocycles. The first kappa shape index (κ1) is 34.1. The van der Waals surface area contributed by atoms with E-state index in [1.165, 1.54) is 11.8 Å². The molecule has 0 amide bonds. The van der Waals surface area contributed by atoms with Crippen LogP contribution in [0.3, 0.4) is 0 Å². The molecule has 43 heavy (non-hydrogen) atoms. The van der Waals surface area contributed by atoms with Crippen LogP contribution in [0, 0.1) is 0 Å². The molecule has 0 spiro atoms. The average Bonchev–Trinajstić information content (AvgIpc) is 3.63. The molecule has 0 saturated heterocycles. The number of thiazole rings is 1. The summed E-state index contributed by atoms with van der Waals surface area (Å²) in [5, 5.41) is 5.32. The molecule has 0 fully saturated rings. The Bertz CT molecular complexity index is 1830. The average molecular weight is 703 g/mol. The molecule has 2 aromatic carbocycles. The molecule has 3 heterocycles. The zero-order valence-corrected chi connectivity index (χ0v) is 28.8. The predicted octanol–water partition coefficient (Wildman–Crippen LogP) is 5.80. The number of benzene rings is 2. The fourth-order valence-electron chi connectivity index (χ4n) is 4.48. The van der Waals surface area contributed by atoms with Gasteiger partial charge in [0.1, 0.15) is 9.40 Å². The Morgan fingerprint density at radius 2 is 1.70 bits per heavy atom. The van der Waals surface area contributed by atoms with Gasteiger partial charge in [0.15, 0.2) is 6.54 Å². The number of thiophene rings is 1. The summed E-state index contributed by atoms with van der Waals surface area (Å²) in [5.74, 6) is -0.928. The first-order valence-electron chi connectivity index (χ1n) is 13.6. The van der Waals surface area contributed by atoms with Crippen LogP contribution < -0.4 is 9.47 Å². The Kier molecular flexibility index (Phi) is 11.6. The highest BCUT2D eigenvalue weighted by atomic mass is 35.5. The second-order valence-corrected chi connectivity index (χ2v) is 16.4. The highest BCUT2D eigenvalue weighted by molar-refractivity contribution is 8.04. The number of nitrogens with zero attached hydrogens (tertiary/aromatic N) is 3. The van der Waals surface area contributed by atoms with E-state index < -0.39 is 31.7 Å². The van der Waals surface area contributed by atoms with Crippen molar-refractivity contribution >= 4 is 98.3 Å². The Morgan fingerprint density at radius 1 is 1.00 bits per heavy atom. The molecular formula is C28H33ClN3O6S5-. The van der Waals surface area contributed by atoms with Gasteiger partial charge in [0.25, 0.3) is 5.01 Å². The van der Waals surface area contributed by atoms with Gasteiger partial charge in [-0.2, -0.15) is 4.57 Å². The van der Waals surface area contributed by atoms with Crippen LogP contribution in [0.5, 0.6) is 0 Å². The van der Waals surface area contributed by atoms with E-state index in [0.717, 1.165) is 54.0 Å². The molecule has 9 nitrogen and oxygen atoms in total. The quantitative estimate of drug-likeness (QED) is 0.141. The summed E-state index contributed by atoms with van der Waals surface area (Å²) in [7, 11) is -6.57. The summed E-state index contributed by atoms with van der Waals surface area (Å²) in [6.45, 7) is 7.29. The molecule has 0 bridgehead atoms. The van der Waals surface area contributed by atoms with E-state index in [1.54, 1.807) is 28.7 Å². The monoisotopic (exact) mass is 702 g/mol. The van der Waals surface area contributed by atoms with Crippen molar-refractivity contribution < 1.29 is 30.5 Å². The first-order valence-corrected chi connectivity index (χ1v) is 19.7. The number of aryl methyl sites for hydroxylation is 1. The minimum absolute atomic E-state index is 0.152. The summed E-state index contributed by atoms with van der Waals surface area (Å²) >= 11 is 10.9. The van der Waals surface area contributed by atoms with Gasteiger partial charge in [-0.15, -0.1) is 11.3 Å². The number of hydrogen-bond acceptors (Lipinski definition) is 11. The molecule has 15 heteroatoms. The van der Waals surface area contributed by atoms with Gasteiger partial charge in [0, 0.05) is 34.4 Å². The summed E-state index contributed by atoms with van der Waals surface area (Å²) in [6.07, 6.45) is 2.31. The zero-order chi connectivity index (χ0) is 31.4. The molecule has 1 aliphatic heterocycles. The van der Waals surface area contributed by atoms with Gasteiger partial charge >= 0.3 is 0 Å². The molecule has 5 rings (SSSR count). The van der Waals surface area contributed by atoms with E-state index in [4.69, 9.17) is 11.6 Å². The van der Waals surface area contributed by atoms with Gasteiger partial charge < -0.3 is 18.9 Å². The highest BCUT2D eigenvalue weighted by Crippen LogP contribution is 2.48. The number of thioether (sulfide) groups is 1. The van der Waals surface area contributed by atoms with Crippen LogP contribution >= 0.6 is 46.0 Å². The van der Waals surface area contributed by atoms with E-state index in [0.29, 0.717) is 18.1 Å². The Morgan fingerprint density at radius 3 is 2.35 bits per heavy atom. The zero-order valence-electron chi connectivity index (χ0n) is 24.0. The largest absolute Gasteiger partial charge is 0.748 e. The molecule has 4 aromatic rings. The van der Waals surface area contributed by atoms with Crippen LogP contribution in [-0.4, -0.2) is 69.0 Å². The molecule has 234 valence electrons. The number of halogens is 1. The lowest BCUT2D eigenvalue weighted by molar-refractivity contribution is -0.667. The topological polar surface area (TPSA) is 125 Å². The third kappa shape index (κ3) is 9.14. The molecule has 2 aromatic heterocycles. The first-order chi connectivity index (χ1) is 20.3. The van der Waals surface area contributed by atoms with Gasteiger partial charge in [-0.05, 0) is 67.7 Å². The summed E-state index contributed by atoms with van der Waals surface area (Å²) in [4.78, 5) is 5.15. The lowest BCUT2D eigenvalue weighted by atomic mass is 10.2. The number of hydrogen-bond donors (Lipinski definition) is 0. The lowest BCUT2D eigenvalue weighted by Gasteiger charge is -2.20. The lowest BCUT2D eigenvalue weighted by Crippen LogP contribution is -2.36. The van der Waals surface area contributed by atoms with Crippen LogP contribution in [0.1, 0.15) is 31.7 Å². The minimum atomic E-state index is -4.34. The van der Waals surface area contributed by atoms with Gasteiger partial charge in [-0.25, -0.2) is 16.8 Å². The van der Waals surface area contributed by atoms with E-state index in [1.807, 2.05) is 51.3 Å². The van der Waals surface area contributed by atoms with Crippen molar-refractivity contribution in [3.8, 4) is 0 Å². The maximum atomic E-state index is 11.3. The highest BCUT2D eigenvalue weighted by Gasteiger charge is 2.29. The minimum Gasteiger partial charge on any atom is -0.748 e. The second kappa shape index (κ2) is 14.6. The van der Waals surface area contributed by atoms with Crippen molar-refractivity contribution in [1.82, 2.24) is 4.90 Å². The SMILES string of the molecule is CCN(C)CC.O=S(=O)([O-])CCCN1/C(=C/c2sc3ccc4ccsc4c3[n+]2CCCS(=O)(=O)[O-])Sc2ccc(Cl)cc21. The van der Waals surface area contributed by atoms with E-state index in [2.05, 4.69) is 25.8 Å². The smallest absolute Gasteiger partial charge is 0.265 e. The molecule has 0 N–H and O–H groups in total. The Hall–Kier alpha value is -1.75. The van der Waals surface area contributed by atoms with Crippen molar-refractivity contribution in [2.75, 3.05) is 43.1 Å². The third-order valence-electron chi connectivity index (χ3n) is 6.88. The van der Waals surface area contributed by atoms with Crippen molar-refractivity contribution in [3.63, 3.8) is 0 Å². The molecule has 0 saturated carbocycles. The molecule has 0 atom stereocenters. The van der Waals surface area contributed by atoms with Crippen LogP contribution in [0.25, 0.3) is 26.4 Å². The van der Waals surface area contributed by atoms with Crippen LogP contribution in [0.15, 0.2) is 51.7 Å². The van der Waals surface area contributed by atoms with Crippen molar-refractivity contribution in [2.24, 2.45) is 0 Å². The van der Waals surface area contributed by atoms with Crippen molar-refractivity contribution in [3.05, 3.63) is 56.8 Å². The van der Waals surface area contributed by atoms with Crippen LogP contribution in [-0.2, 0) is 26.8 Å². The predicted molar refractivity (Wildman–Crippen MR) is 177 cm³/mol. The van der Waals surface area contributed by atoms with Crippen LogP contribution in [0.4, 0.5) is 5.69 Å². The van der Waals surface area contributed by atoms with E-state index in [-0.39, 0.29) is 12.8 Å². The maximum Gasteiger partial charge on any atom is 0.265 e. The second-order valence-electron chi connectivity index (χ2n) is 9.91. The number of anilines is 1. The number of aromatic nitrogens is 1. The van der Waals surface area contributed by atoms with Gasteiger partial charge in [-0.3, -0.25) is 0 Å². The van der Waals surface area contributed by atoms with Crippen LogP contribution in [0.2, 0.25) is 5.02 Å². The van der Waals surface area contributed by atoms with Crippen molar-refractivity contribution in [1.29, 1.82) is 0 Å². The normalized spacial score (nSPS) is 14.6. The fourth-order valence-corrected chi connectivity index (χ4v) is 8.95. The standard InChI is InChI=1S/C23H21ClN2O6S5.C5H13N/c24-16-4-6-18-17(13-16)25(8-1-11-36(27,28)29)20(34-18)14-21-26(9-2-12-37(30,31)32)22-19(35-21)5-3-15-7-10-33-23(15)22;1-4-6(3)5-2/h3-7,10,13-14H,1-2,8-9,11-12H2,(H-,27,28,29,30,31,32);4-5H2,1-3H3/p-1. The fraction of sp³-hybridized carbons (Fsp3) is 0.393. The summed E-state index contributed by atoms with van der Waals surface area (Å²) in [6, 6.07) is 11.6. The number of rotatable bonds is 11. The molecular weight excluding hydrogens is 670 g/mol. The third-order valence-corrected chi connectivity index (χ3v) is 11.8. The van der Waals surface area contributed by atoms with Crippen molar-refractivity contribution in [2.45, 2.75) is 38.1 Å². The van der Waals surface area contributed by atoms with E-state index >= 15 is 0 Å². The van der Waals surface area contributed by atoms with Gasteiger partial charge in [0.05, 0.1) is 37.0 Å². The number of fused-ring (bicyclic) bond motifs is 4.